The maximum absolute atomic E-state index is 13.0. The Morgan fingerprint density at radius 3 is 2.37 bits per heavy atom. The Labute approximate surface area is 159 Å². The minimum atomic E-state index is -3.74. The van der Waals surface area contributed by atoms with Crippen molar-refractivity contribution in [3.05, 3.63) is 18.2 Å². The summed E-state index contributed by atoms with van der Waals surface area (Å²) in [5, 5.41) is 2.77. The van der Waals surface area contributed by atoms with Crippen LogP contribution in [0.3, 0.4) is 0 Å². The largest absolute Gasteiger partial charge is 0.495 e. The Balaban J connectivity index is 1.75. The van der Waals surface area contributed by atoms with Crippen molar-refractivity contribution in [2.24, 2.45) is 0 Å². The zero-order chi connectivity index (χ0) is 19.3. The lowest BCUT2D eigenvalue weighted by Crippen LogP contribution is -2.41. The van der Waals surface area contributed by atoms with Crippen molar-refractivity contribution >= 4 is 21.6 Å². The van der Waals surface area contributed by atoms with E-state index < -0.39 is 10.0 Å². The maximum Gasteiger partial charge on any atom is 0.246 e. The molecule has 2 aliphatic heterocycles. The number of benzene rings is 1. The zero-order valence-corrected chi connectivity index (χ0v) is 16.2. The molecule has 3 rings (SSSR count). The van der Waals surface area contributed by atoms with Crippen LogP contribution in [0, 0.1) is 0 Å². The van der Waals surface area contributed by atoms with Crippen LogP contribution in [-0.2, 0) is 24.3 Å². The minimum Gasteiger partial charge on any atom is -0.495 e. The van der Waals surface area contributed by atoms with E-state index in [1.54, 1.807) is 12.1 Å². The monoisotopic (exact) mass is 399 g/mol. The molecule has 1 N–H and O–H groups in total. The molecule has 0 atom stereocenters. The first kappa shape index (κ1) is 20.0. The van der Waals surface area contributed by atoms with Gasteiger partial charge in [-0.05, 0) is 18.2 Å². The van der Waals surface area contributed by atoms with Crippen LogP contribution >= 0.6 is 0 Å². The normalized spacial score (nSPS) is 19.6. The van der Waals surface area contributed by atoms with Crippen molar-refractivity contribution in [1.29, 1.82) is 0 Å². The molecule has 27 heavy (non-hydrogen) atoms. The van der Waals surface area contributed by atoms with Gasteiger partial charge in [0.2, 0.25) is 15.9 Å². The molecule has 9 nitrogen and oxygen atoms in total. The minimum absolute atomic E-state index is 0.0380. The number of carbonyl (C=O) groups excluding carboxylic acids is 1. The first-order valence-corrected chi connectivity index (χ1v) is 10.3. The SMILES string of the molecule is COc1ccc(NC(=O)CN2CCOCC2)cc1S(=O)(=O)N1CCOCC1. The van der Waals surface area contributed by atoms with E-state index in [-0.39, 0.29) is 23.1 Å². The Kier molecular flexibility index (Phi) is 6.66. The molecule has 1 aromatic rings. The number of ether oxygens (including phenoxy) is 3. The number of nitrogens with zero attached hydrogens (tertiary/aromatic N) is 2. The predicted octanol–water partition coefficient (Wildman–Crippen LogP) is -0.0132. The summed E-state index contributed by atoms with van der Waals surface area (Å²) in [4.78, 5) is 14.3. The molecule has 0 radical (unpaired) electrons. The molecule has 0 bridgehead atoms. The highest BCUT2D eigenvalue weighted by Gasteiger charge is 2.29. The lowest BCUT2D eigenvalue weighted by atomic mass is 10.3. The summed E-state index contributed by atoms with van der Waals surface area (Å²) in [5.41, 5.74) is 0.417. The molecule has 2 aliphatic rings. The third kappa shape index (κ3) is 4.96. The molecule has 0 aromatic heterocycles. The van der Waals surface area contributed by atoms with Crippen LogP contribution in [0.1, 0.15) is 0 Å². The van der Waals surface area contributed by atoms with Gasteiger partial charge in [0.15, 0.2) is 0 Å². The van der Waals surface area contributed by atoms with Gasteiger partial charge in [0, 0.05) is 31.9 Å². The van der Waals surface area contributed by atoms with E-state index in [2.05, 4.69) is 5.32 Å². The number of morpholine rings is 2. The topological polar surface area (TPSA) is 97.4 Å². The van der Waals surface area contributed by atoms with Crippen LogP contribution in [0.4, 0.5) is 5.69 Å². The molecule has 0 spiro atoms. The van der Waals surface area contributed by atoms with Gasteiger partial charge in [-0.3, -0.25) is 9.69 Å². The highest BCUT2D eigenvalue weighted by atomic mass is 32.2. The van der Waals surface area contributed by atoms with E-state index in [1.807, 2.05) is 4.90 Å². The number of amides is 1. The summed E-state index contributed by atoms with van der Waals surface area (Å²) in [6.07, 6.45) is 0. The second kappa shape index (κ2) is 8.98. The van der Waals surface area contributed by atoms with Crippen molar-refractivity contribution < 1.29 is 27.4 Å². The fourth-order valence-electron chi connectivity index (χ4n) is 3.04. The molecule has 1 aromatic carbocycles. The number of anilines is 1. The van der Waals surface area contributed by atoms with Crippen molar-refractivity contribution in [2.45, 2.75) is 4.90 Å². The van der Waals surface area contributed by atoms with E-state index in [4.69, 9.17) is 14.2 Å². The number of hydrogen-bond donors (Lipinski definition) is 1. The Morgan fingerprint density at radius 2 is 1.74 bits per heavy atom. The van der Waals surface area contributed by atoms with Crippen molar-refractivity contribution in [2.75, 3.05) is 71.6 Å². The first-order chi connectivity index (χ1) is 13.0. The number of carbonyl (C=O) groups is 1. The lowest BCUT2D eigenvalue weighted by Gasteiger charge is -2.27. The average Bonchev–Trinajstić information content (AvgIpc) is 2.69. The van der Waals surface area contributed by atoms with Gasteiger partial charge in [-0.1, -0.05) is 0 Å². The highest BCUT2D eigenvalue weighted by molar-refractivity contribution is 7.89. The molecule has 2 fully saturated rings. The number of hydrogen-bond acceptors (Lipinski definition) is 7. The van der Waals surface area contributed by atoms with Crippen molar-refractivity contribution in [3.63, 3.8) is 0 Å². The van der Waals surface area contributed by atoms with Gasteiger partial charge in [-0.25, -0.2) is 8.42 Å². The van der Waals surface area contributed by atoms with Crippen LogP contribution in [0.5, 0.6) is 5.75 Å². The van der Waals surface area contributed by atoms with Crippen molar-refractivity contribution in [1.82, 2.24) is 9.21 Å². The molecule has 10 heteroatoms. The van der Waals surface area contributed by atoms with Crippen LogP contribution in [0.25, 0.3) is 0 Å². The van der Waals surface area contributed by atoms with Crippen LogP contribution in [0.2, 0.25) is 0 Å². The van der Waals surface area contributed by atoms with E-state index in [0.717, 1.165) is 0 Å². The quantitative estimate of drug-likeness (QED) is 0.718. The van der Waals surface area contributed by atoms with E-state index in [0.29, 0.717) is 58.3 Å². The third-order valence-corrected chi connectivity index (χ3v) is 6.43. The molecule has 0 aliphatic carbocycles. The average molecular weight is 399 g/mol. The first-order valence-electron chi connectivity index (χ1n) is 8.86. The Bertz CT molecular complexity index is 758. The van der Waals surface area contributed by atoms with Crippen LogP contribution in [-0.4, -0.2) is 89.8 Å². The van der Waals surface area contributed by atoms with Gasteiger partial charge in [0.05, 0.1) is 40.1 Å². The third-order valence-electron chi connectivity index (χ3n) is 4.51. The van der Waals surface area contributed by atoms with Crippen LogP contribution < -0.4 is 10.1 Å². The molecule has 0 unspecified atom stereocenters. The molecular weight excluding hydrogens is 374 g/mol. The van der Waals surface area contributed by atoms with Gasteiger partial charge in [0.25, 0.3) is 0 Å². The number of methoxy groups -OCH3 is 1. The van der Waals surface area contributed by atoms with E-state index in [1.165, 1.54) is 17.5 Å². The molecule has 2 heterocycles. The van der Waals surface area contributed by atoms with Gasteiger partial charge >= 0.3 is 0 Å². The Hall–Kier alpha value is -1.72. The molecule has 0 saturated carbocycles. The summed E-state index contributed by atoms with van der Waals surface area (Å²) in [7, 11) is -2.32. The standard InChI is InChI=1S/C17H25N3O6S/c1-24-15-3-2-14(18-17(21)13-19-4-8-25-9-5-19)12-16(15)27(22,23)20-6-10-26-11-7-20/h2-3,12H,4-11,13H2,1H3,(H,18,21). The molecular formula is C17H25N3O6S. The predicted molar refractivity (Wildman–Crippen MR) is 98.5 cm³/mol. The number of sulfonamides is 1. The fourth-order valence-corrected chi connectivity index (χ4v) is 4.63. The second-order valence-corrected chi connectivity index (χ2v) is 8.23. The van der Waals surface area contributed by atoms with Gasteiger partial charge < -0.3 is 19.5 Å². The van der Waals surface area contributed by atoms with Gasteiger partial charge in [0.1, 0.15) is 10.6 Å². The molecule has 2 saturated heterocycles. The second-order valence-electron chi connectivity index (χ2n) is 6.32. The van der Waals surface area contributed by atoms with Gasteiger partial charge in [-0.15, -0.1) is 0 Å². The summed E-state index contributed by atoms with van der Waals surface area (Å²) >= 11 is 0. The summed E-state index contributed by atoms with van der Waals surface area (Å²) in [6.45, 7) is 4.16. The highest BCUT2D eigenvalue weighted by Crippen LogP contribution is 2.30. The summed E-state index contributed by atoms with van der Waals surface area (Å²) in [5.74, 6) is 0.0458. The summed E-state index contributed by atoms with van der Waals surface area (Å²) < 4.78 is 43.1. The van der Waals surface area contributed by atoms with Crippen molar-refractivity contribution in [3.8, 4) is 5.75 Å². The Morgan fingerprint density at radius 1 is 1.11 bits per heavy atom. The van der Waals surface area contributed by atoms with E-state index >= 15 is 0 Å². The van der Waals surface area contributed by atoms with E-state index in [9.17, 15) is 13.2 Å². The smallest absolute Gasteiger partial charge is 0.246 e. The maximum atomic E-state index is 13.0. The molecule has 1 amide bonds. The van der Waals surface area contributed by atoms with Crippen LogP contribution in [0.15, 0.2) is 23.1 Å². The lowest BCUT2D eigenvalue weighted by molar-refractivity contribution is -0.118. The van der Waals surface area contributed by atoms with Gasteiger partial charge in [-0.2, -0.15) is 4.31 Å². The zero-order valence-electron chi connectivity index (χ0n) is 15.3. The number of rotatable bonds is 6. The summed E-state index contributed by atoms with van der Waals surface area (Å²) in [6, 6.07) is 4.63. The number of nitrogens with one attached hydrogen (secondary N) is 1. The fraction of sp³-hybridized carbons (Fsp3) is 0.588. The molecule has 150 valence electrons.